The first-order valence-electron chi connectivity index (χ1n) is 12.6. The molecule has 0 radical (unpaired) electrons. The molecule has 35 heavy (non-hydrogen) atoms. The average molecular weight is 477 g/mol. The van der Waals surface area contributed by atoms with Gasteiger partial charge in [-0.1, -0.05) is 68.3 Å². The lowest BCUT2D eigenvalue weighted by Crippen LogP contribution is -2.57. The number of unbranched alkanes of at least 4 members (excludes halogenated alkanes) is 1. The summed E-state index contributed by atoms with van der Waals surface area (Å²) in [6.07, 6.45) is 3.54. The predicted octanol–water partition coefficient (Wildman–Crippen LogP) is 4.55. The van der Waals surface area contributed by atoms with Crippen LogP contribution in [0, 0.1) is 5.92 Å². The van der Waals surface area contributed by atoms with Crippen LogP contribution in [0.15, 0.2) is 48.5 Å². The van der Waals surface area contributed by atoms with Gasteiger partial charge in [-0.15, -0.1) is 0 Å². The van der Waals surface area contributed by atoms with Gasteiger partial charge in [-0.3, -0.25) is 4.79 Å². The first kappa shape index (κ1) is 23.4. The minimum absolute atomic E-state index is 0.0129. The normalized spacial score (nSPS) is 23.0. The topological polar surface area (TPSA) is 95.9 Å². The number of carboxylic acid groups (broad SMARTS) is 1. The smallest absolute Gasteiger partial charge is 0.407 e. The van der Waals surface area contributed by atoms with Gasteiger partial charge in [-0.2, -0.15) is 0 Å². The molecule has 3 atom stereocenters. The van der Waals surface area contributed by atoms with E-state index in [9.17, 15) is 19.5 Å². The highest BCUT2D eigenvalue weighted by molar-refractivity contribution is 5.94. The molecule has 1 aliphatic heterocycles. The Labute approximate surface area is 205 Å². The minimum Gasteiger partial charge on any atom is -0.479 e. The molecule has 184 valence electrons. The minimum atomic E-state index is -1.09. The molecule has 1 saturated heterocycles. The highest BCUT2D eigenvalue weighted by atomic mass is 16.5. The van der Waals surface area contributed by atoms with Crippen molar-refractivity contribution in [2.24, 2.45) is 5.92 Å². The molecule has 2 aromatic rings. The van der Waals surface area contributed by atoms with Crippen LogP contribution in [0.1, 0.15) is 62.5 Å². The third-order valence-corrected chi connectivity index (χ3v) is 7.91. The number of nitrogens with one attached hydrogen (secondary N) is 1. The highest BCUT2D eigenvalue weighted by Gasteiger charge is 2.67. The van der Waals surface area contributed by atoms with E-state index in [2.05, 4.69) is 29.6 Å². The fourth-order valence-electron chi connectivity index (χ4n) is 6.00. The van der Waals surface area contributed by atoms with Crippen LogP contribution in [0.2, 0.25) is 0 Å². The Bertz CT molecular complexity index is 1100. The van der Waals surface area contributed by atoms with Crippen molar-refractivity contribution in [2.75, 3.05) is 13.2 Å². The molecular weight excluding hydrogens is 444 g/mol. The van der Waals surface area contributed by atoms with E-state index in [1.54, 1.807) is 0 Å². The number of fused-ring (bicyclic) bond motifs is 4. The van der Waals surface area contributed by atoms with Crippen LogP contribution < -0.4 is 5.32 Å². The Morgan fingerprint density at radius 2 is 1.77 bits per heavy atom. The molecule has 2 aliphatic carbocycles. The second-order valence-corrected chi connectivity index (χ2v) is 9.93. The fourth-order valence-corrected chi connectivity index (χ4v) is 6.00. The number of likely N-dealkylation sites (tertiary alicyclic amines) is 1. The standard InChI is InChI=1S/C28H32N2O5/c1-2-3-14-24(25(31)30-15-8-9-18-16-28(18,30)26(32)33)29-27(34)35-17-23-21-12-6-4-10-19(21)20-11-5-7-13-22(20)23/h4-7,10-13,18,23-24H,2-3,8-9,14-17H2,1H3,(H,29,34)(H,32,33)/t18-,24-,28+/m0/s1. The lowest BCUT2D eigenvalue weighted by Gasteiger charge is -2.36. The summed E-state index contributed by atoms with van der Waals surface area (Å²) in [5.41, 5.74) is 3.45. The maximum atomic E-state index is 13.5. The van der Waals surface area contributed by atoms with Gasteiger partial charge in [0.1, 0.15) is 18.2 Å². The monoisotopic (exact) mass is 476 g/mol. The number of carbonyl (C=O) groups is 3. The van der Waals surface area contributed by atoms with E-state index in [0.29, 0.717) is 19.4 Å². The highest BCUT2D eigenvalue weighted by Crippen LogP contribution is 2.54. The lowest BCUT2D eigenvalue weighted by molar-refractivity contribution is -0.155. The Kier molecular flexibility index (Phi) is 6.26. The number of alkyl carbamates (subject to hydrolysis) is 1. The van der Waals surface area contributed by atoms with Crippen molar-refractivity contribution in [3.63, 3.8) is 0 Å². The molecule has 2 aromatic carbocycles. The van der Waals surface area contributed by atoms with Crippen LogP contribution in [0.5, 0.6) is 0 Å². The van der Waals surface area contributed by atoms with Crippen molar-refractivity contribution in [1.82, 2.24) is 10.2 Å². The molecule has 2 fully saturated rings. The molecule has 0 unspecified atom stereocenters. The van der Waals surface area contributed by atoms with Crippen LogP contribution in [0.25, 0.3) is 11.1 Å². The number of piperidine rings is 1. The van der Waals surface area contributed by atoms with E-state index in [0.717, 1.165) is 47.9 Å². The first-order chi connectivity index (χ1) is 17.0. The quantitative estimate of drug-likeness (QED) is 0.583. The fraction of sp³-hybridized carbons (Fsp3) is 0.464. The maximum Gasteiger partial charge on any atom is 0.407 e. The summed E-state index contributed by atoms with van der Waals surface area (Å²) in [5, 5.41) is 12.6. The van der Waals surface area contributed by atoms with Crippen molar-refractivity contribution in [3.8, 4) is 11.1 Å². The van der Waals surface area contributed by atoms with Gasteiger partial charge in [0, 0.05) is 12.5 Å². The van der Waals surface area contributed by atoms with Crippen LogP contribution in [-0.2, 0) is 14.3 Å². The Hall–Kier alpha value is -3.35. The van der Waals surface area contributed by atoms with Crippen LogP contribution >= 0.6 is 0 Å². The summed E-state index contributed by atoms with van der Waals surface area (Å²) < 4.78 is 5.66. The number of hydrogen-bond acceptors (Lipinski definition) is 4. The summed E-state index contributed by atoms with van der Waals surface area (Å²) in [6.45, 7) is 2.60. The Morgan fingerprint density at radius 1 is 1.11 bits per heavy atom. The second-order valence-electron chi connectivity index (χ2n) is 9.93. The Balaban J connectivity index is 1.28. The van der Waals surface area contributed by atoms with E-state index in [-0.39, 0.29) is 24.3 Å². The third-order valence-electron chi connectivity index (χ3n) is 7.91. The van der Waals surface area contributed by atoms with Crippen molar-refractivity contribution in [2.45, 2.75) is 62.9 Å². The molecule has 2 amide bonds. The summed E-state index contributed by atoms with van der Waals surface area (Å²) in [7, 11) is 0. The zero-order valence-electron chi connectivity index (χ0n) is 20.0. The molecule has 1 saturated carbocycles. The van der Waals surface area contributed by atoms with Gasteiger partial charge in [0.25, 0.3) is 0 Å². The number of amides is 2. The molecule has 7 nitrogen and oxygen atoms in total. The van der Waals surface area contributed by atoms with Gasteiger partial charge in [0.15, 0.2) is 0 Å². The largest absolute Gasteiger partial charge is 0.479 e. The van der Waals surface area contributed by atoms with E-state index in [4.69, 9.17) is 4.74 Å². The number of aliphatic carboxylic acids is 1. The Morgan fingerprint density at radius 3 is 2.40 bits per heavy atom. The molecule has 0 bridgehead atoms. The van der Waals surface area contributed by atoms with Crippen molar-refractivity contribution >= 4 is 18.0 Å². The van der Waals surface area contributed by atoms with Gasteiger partial charge in [0.05, 0.1) is 0 Å². The van der Waals surface area contributed by atoms with Gasteiger partial charge in [0.2, 0.25) is 5.91 Å². The van der Waals surface area contributed by atoms with E-state index in [1.165, 1.54) is 4.90 Å². The summed E-state index contributed by atoms with van der Waals surface area (Å²) >= 11 is 0. The average Bonchev–Trinajstić information content (AvgIpc) is 3.56. The number of carboxylic acids is 1. The van der Waals surface area contributed by atoms with E-state index >= 15 is 0 Å². The molecule has 1 heterocycles. The zero-order chi connectivity index (χ0) is 24.6. The van der Waals surface area contributed by atoms with Crippen molar-refractivity contribution < 1.29 is 24.2 Å². The first-order valence-corrected chi connectivity index (χ1v) is 12.6. The molecule has 0 spiro atoms. The second kappa shape index (κ2) is 9.36. The van der Waals surface area contributed by atoms with Gasteiger partial charge >= 0.3 is 12.1 Å². The number of benzene rings is 2. The maximum absolute atomic E-state index is 13.5. The molecule has 0 aromatic heterocycles. The summed E-state index contributed by atoms with van der Waals surface area (Å²) in [6, 6.07) is 15.5. The summed E-state index contributed by atoms with van der Waals surface area (Å²) in [4.78, 5) is 39.9. The molecule has 3 aliphatic rings. The van der Waals surface area contributed by atoms with Crippen molar-refractivity contribution in [1.29, 1.82) is 0 Å². The van der Waals surface area contributed by atoms with Crippen LogP contribution in [0.3, 0.4) is 0 Å². The zero-order valence-corrected chi connectivity index (χ0v) is 20.0. The molecule has 5 rings (SSSR count). The number of carbonyl (C=O) groups excluding carboxylic acids is 2. The SMILES string of the molecule is CCCC[C@H](NC(=O)OCC1c2ccccc2-c2ccccc21)C(=O)N1CCC[C@H]2C[C@]21C(=O)O. The van der Waals surface area contributed by atoms with Crippen LogP contribution in [-0.4, -0.2) is 52.7 Å². The molecular formula is C28H32N2O5. The third kappa shape index (κ3) is 4.07. The van der Waals surface area contributed by atoms with Gasteiger partial charge in [-0.25, -0.2) is 9.59 Å². The van der Waals surface area contributed by atoms with Gasteiger partial charge in [-0.05, 0) is 53.9 Å². The number of hydrogen-bond donors (Lipinski definition) is 2. The number of nitrogens with zero attached hydrogens (tertiary/aromatic N) is 1. The van der Waals surface area contributed by atoms with Gasteiger partial charge < -0.3 is 20.1 Å². The molecule has 2 N–H and O–H groups in total. The van der Waals surface area contributed by atoms with E-state index < -0.39 is 23.6 Å². The predicted molar refractivity (Wildman–Crippen MR) is 131 cm³/mol. The van der Waals surface area contributed by atoms with E-state index in [1.807, 2.05) is 31.2 Å². The molecule has 7 heteroatoms. The number of ether oxygens (including phenoxy) is 1. The number of rotatable bonds is 8. The van der Waals surface area contributed by atoms with Crippen molar-refractivity contribution in [3.05, 3.63) is 59.7 Å². The summed E-state index contributed by atoms with van der Waals surface area (Å²) in [5.74, 6) is -1.30. The van der Waals surface area contributed by atoms with Crippen LogP contribution in [0.4, 0.5) is 4.79 Å². The lowest BCUT2D eigenvalue weighted by atomic mass is 9.98.